The highest BCUT2D eigenvalue weighted by atomic mass is 79.9. The lowest BCUT2D eigenvalue weighted by Crippen LogP contribution is -2.10. The van der Waals surface area contributed by atoms with Crippen LogP contribution in [0.25, 0.3) is 0 Å². The SMILES string of the molecule is Cl.NCCOc1ccc(Cl)c(Br)c1. The van der Waals surface area contributed by atoms with Crippen LogP contribution in [0.2, 0.25) is 5.02 Å². The van der Waals surface area contributed by atoms with E-state index in [1.165, 1.54) is 0 Å². The zero-order chi connectivity index (χ0) is 8.97. The highest BCUT2D eigenvalue weighted by Gasteiger charge is 1.98. The first kappa shape index (κ1) is 13.0. The monoisotopic (exact) mass is 285 g/mol. The molecule has 2 N–H and O–H groups in total. The molecule has 74 valence electrons. The van der Waals surface area contributed by atoms with Crippen molar-refractivity contribution in [3.8, 4) is 5.75 Å². The van der Waals surface area contributed by atoms with E-state index in [1.807, 2.05) is 12.1 Å². The molecule has 0 aliphatic carbocycles. The zero-order valence-electron chi connectivity index (χ0n) is 6.80. The summed E-state index contributed by atoms with van der Waals surface area (Å²) in [5.41, 5.74) is 5.28. The molecule has 0 atom stereocenters. The van der Waals surface area contributed by atoms with Crippen molar-refractivity contribution in [1.29, 1.82) is 0 Å². The van der Waals surface area contributed by atoms with Gasteiger partial charge in [-0.2, -0.15) is 0 Å². The molecule has 0 unspecified atom stereocenters. The van der Waals surface area contributed by atoms with Gasteiger partial charge in [0.2, 0.25) is 0 Å². The number of hydrogen-bond acceptors (Lipinski definition) is 2. The summed E-state index contributed by atoms with van der Waals surface area (Å²) < 4.78 is 6.11. The van der Waals surface area contributed by atoms with Gasteiger partial charge in [0.25, 0.3) is 0 Å². The van der Waals surface area contributed by atoms with Gasteiger partial charge in [0.05, 0.1) is 5.02 Å². The third-order valence-corrected chi connectivity index (χ3v) is 2.49. The first-order valence-corrected chi connectivity index (χ1v) is 4.69. The second-order valence-electron chi connectivity index (χ2n) is 2.21. The summed E-state index contributed by atoms with van der Waals surface area (Å²) in [6.45, 7) is 1.04. The Balaban J connectivity index is 0.00000144. The van der Waals surface area contributed by atoms with Crippen LogP contribution in [-0.4, -0.2) is 13.2 Å². The van der Waals surface area contributed by atoms with Crippen LogP contribution in [0.3, 0.4) is 0 Å². The van der Waals surface area contributed by atoms with E-state index in [1.54, 1.807) is 6.07 Å². The van der Waals surface area contributed by atoms with Crippen LogP contribution in [0.1, 0.15) is 0 Å². The largest absolute Gasteiger partial charge is 0.492 e. The van der Waals surface area contributed by atoms with Crippen molar-refractivity contribution in [2.75, 3.05) is 13.2 Å². The van der Waals surface area contributed by atoms with E-state index in [2.05, 4.69) is 15.9 Å². The molecule has 1 rings (SSSR count). The van der Waals surface area contributed by atoms with Gasteiger partial charge in [-0.05, 0) is 34.1 Å². The minimum Gasteiger partial charge on any atom is -0.492 e. The highest BCUT2D eigenvalue weighted by molar-refractivity contribution is 9.10. The Morgan fingerprint density at radius 1 is 1.46 bits per heavy atom. The van der Waals surface area contributed by atoms with Crippen molar-refractivity contribution in [1.82, 2.24) is 0 Å². The molecule has 1 aromatic rings. The molecular formula is C8H10BrCl2NO. The average molecular weight is 287 g/mol. The van der Waals surface area contributed by atoms with E-state index in [4.69, 9.17) is 22.1 Å². The minimum atomic E-state index is 0. The molecule has 5 heteroatoms. The maximum absolute atomic E-state index is 5.79. The lowest BCUT2D eigenvalue weighted by molar-refractivity contribution is 0.328. The summed E-state index contributed by atoms with van der Waals surface area (Å²) in [4.78, 5) is 0. The Hall–Kier alpha value is 0.0400. The summed E-state index contributed by atoms with van der Waals surface area (Å²) in [6.07, 6.45) is 0. The first-order valence-electron chi connectivity index (χ1n) is 3.52. The standard InChI is InChI=1S/C8H9BrClNO.ClH/c9-7-5-6(12-4-3-11)1-2-8(7)10;/h1-2,5H,3-4,11H2;1H. The van der Waals surface area contributed by atoms with Gasteiger partial charge in [-0.3, -0.25) is 0 Å². The van der Waals surface area contributed by atoms with Gasteiger partial charge in [0.1, 0.15) is 12.4 Å². The maximum Gasteiger partial charge on any atom is 0.120 e. The van der Waals surface area contributed by atoms with Gasteiger partial charge in [0, 0.05) is 11.0 Å². The average Bonchev–Trinajstić information content (AvgIpc) is 2.07. The number of rotatable bonds is 3. The predicted octanol–water partition coefficient (Wildman–Crippen LogP) is 2.86. The molecule has 13 heavy (non-hydrogen) atoms. The molecule has 0 aromatic heterocycles. The van der Waals surface area contributed by atoms with Gasteiger partial charge in [-0.15, -0.1) is 12.4 Å². The fourth-order valence-corrected chi connectivity index (χ4v) is 1.22. The third kappa shape index (κ3) is 4.18. The van der Waals surface area contributed by atoms with Gasteiger partial charge in [-0.25, -0.2) is 0 Å². The predicted molar refractivity (Wildman–Crippen MR) is 60.9 cm³/mol. The van der Waals surface area contributed by atoms with E-state index in [0.29, 0.717) is 18.2 Å². The molecule has 0 aliphatic heterocycles. The van der Waals surface area contributed by atoms with Crippen LogP contribution in [0.5, 0.6) is 5.75 Å². The number of nitrogens with two attached hydrogens (primary N) is 1. The topological polar surface area (TPSA) is 35.2 Å². The Morgan fingerprint density at radius 3 is 2.69 bits per heavy atom. The highest BCUT2D eigenvalue weighted by Crippen LogP contribution is 2.26. The van der Waals surface area contributed by atoms with Crippen LogP contribution < -0.4 is 10.5 Å². The zero-order valence-corrected chi connectivity index (χ0v) is 9.95. The van der Waals surface area contributed by atoms with E-state index in [9.17, 15) is 0 Å². The molecular weight excluding hydrogens is 277 g/mol. The van der Waals surface area contributed by atoms with E-state index >= 15 is 0 Å². The summed E-state index contributed by atoms with van der Waals surface area (Å²) in [7, 11) is 0. The van der Waals surface area contributed by atoms with Gasteiger partial charge in [-0.1, -0.05) is 11.6 Å². The molecule has 0 radical (unpaired) electrons. The normalized spacial score (nSPS) is 9.15. The Labute approximate surface area is 96.9 Å². The second kappa shape index (κ2) is 6.49. The van der Waals surface area contributed by atoms with Crippen LogP contribution in [0.4, 0.5) is 0 Å². The maximum atomic E-state index is 5.79. The number of hydrogen-bond donors (Lipinski definition) is 1. The van der Waals surface area contributed by atoms with Crippen molar-refractivity contribution in [3.05, 3.63) is 27.7 Å². The molecule has 0 fully saturated rings. The molecule has 1 aromatic carbocycles. The van der Waals surface area contributed by atoms with Gasteiger partial charge >= 0.3 is 0 Å². The van der Waals surface area contributed by atoms with Gasteiger partial charge < -0.3 is 10.5 Å². The van der Waals surface area contributed by atoms with Gasteiger partial charge in [0.15, 0.2) is 0 Å². The van der Waals surface area contributed by atoms with Crippen LogP contribution >= 0.6 is 39.9 Å². The Bertz CT molecular complexity index is 270. The molecule has 2 nitrogen and oxygen atoms in total. The lowest BCUT2D eigenvalue weighted by atomic mass is 10.3. The van der Waals surface area contributed by atoms with Crippen molar-refractivity contribution in [3.63, 3.8) is 0 Å². The fraction of sp³-hybridized carbons (Fsp3) is 0.250. The van der Waals surface area contributed by atoms with Crippen molar-refractivity contribution in [2.45, 2.75) is 0 Å². The summed E-state index contributed by atoms with van der Waals surface area (Å²) in [6, 6.07) is 5.40. The van der Waals surface area contributed by atoms with Crippen molar-refractivity contribution < 1.29 is 4.74 Å². The first-order chi connectivity index (χ1) is 5.74. The fourth-order valence-electron chi connectivity index (χ4n) is 0.743. The molecule has 0 bridgehead atoms. The number of benzene rings is 1. The molecule has 0 aliphatic rings. The number of ether oxygens (including phenoxy) is 1. The molecule has 0 saturated carbocycles. The minimum absolute atomic E-state index is 0. The Kier molecular flexibility index (Phi) is 6.51. The molecule has 0 heterocycles. The Morgan fingerprint density at radius 2 is 2.15 bits per heavy atom. The molecule has 0 amide bonds. The molecule has 0 saturated heterocycles. The van der Waals surface area contributed by atoms with Crippen LogP contribution in [0.15, 0.2) is 22.7 Å². The smallest absolute Gasteiger partial charge is 0.120 e. The molecule has 0 spiro atoms. The second-order valence-corrected chi connectivity index (χ2v) is 3.47. The van der Waals surface area contributed by atoms with E-state index in [0.717, 1.165) is 10.2 Å². The van der Waals surface area contributed by atoms with Crippen LogP contribution in [-0.2, 0) is 0 Å². The summed E-state index contributed by atoms with van der Waals surface area (Å²) in [5, 5.41) is 0.676. The van der Waals surface area contributed by atoms with Crippen molar-refractivity contribution in [2.24, 2.45) is 5.73 Å². The van der Waals surface area contributed by atoms with E-state index in [-0.39, 0.29) is 12.4 Å². The van der Waals surface area contributed by atoms with Crippen LogP contribution in [0, 0.1) is 0 Å². The number of halogens is 3. The van der Waals surface area contributed by atoms with Crippen molar-refractivity contribution >= 4 is 39.9 Å². The van der Waals surface area contributed by atoms with E-state index < -0.39 is 0 Å². The summed E-state index contributed by atoms with van der Waals surface area (Å²) >= 11 is 9.08. The third-order valence-electron chi connectivity index (χ3n) is 1.28. The quantitative estimate of drug-likeness (QED) is 0.927. The summed E-state index contributed by atoms with van der Waals surface area (Å²) in [5.74, 6) is 0.775. The lowest BCUT2D eigenvalue weighted by Gasteiger charge is -2.04.